The number of carbonyl (C=O) groups is 1. The van der Waals surface area contributed by atoms with Crippen molar-refractivity contribution in [3.63, 3.8) is 0 Å². The smallest absolute Gasteiger partial charge is 0.293 e. The molecule has 0 atom stereocenters. The molecule has 0 radical (unpaired) electrons. The summed E-state index contributed by atoms with van der Waals surface area (Å²) in [5.74, 6) is 0.140. The monoisotopic (exact) mass is 470 g/mol. The van der Waals surface area contributed by atoms with E-state index in [0.29, 0.717) is 10.7 Å². The fraction of sp³-hybridized carbons (Fsp3) is 0.478. The molecule has 176 valence electrons. The lowest BCUT2D eigenvalue weighted by molar-refractivity contribution is 0.0685. The van der Waals surface area contributed by atoms with E-state index in [0.717, 1.165) is 39.2 Å². The van der Waals surface area contributed by atoms with E-state index in [9.17, 15) is 13.2 Å². The average Bonchev–Trinajstić information content (AvgIpc) is 3.20. The Kier molecular flexibility index (Phi) is 5.78. The van der Waals surface area contributed by atoms with E-state index in [4.69, 9.17) is 0 Å². The van der Waals surface area contributed by atoms with Crippen LogP contribution < -0.4 is 0 Å². The van der Waals surface area contributed by atoms with Gasteiger partial charge in [-0.3, -0.25) is 4.79 Å². The van der Waals surface area contributed by atoms with Crippen LogP contribution in [0.5, 0.6) is 0 Å². The second-order valence-corrected chi connectivity index (χ2v) is 10.7. The number of fused-ring (bicyclic) bond motifs is 1. The van der Waals surface area contributed by atoms with E-state index in [1.54, 1.807) is 9.42 Å². The normalized spacial score (nSPS) is 15.4. The highest BCUT2D eigenvalue weighted by Crippen LogP contribution is 2.32. The summed E-state index contributed by atoms with van der Waals surface area (Å²) in [6.07, 6.45) is 0. The van der Waals surface area contributed by atoms with Crippen LogP contribution in [0.1, 0.15) is 49.8 Å². The summed E-state index contributed by atoms with van der Waals surface area (Å²) < 4.78 is 30.2. The van der Waals surface area contributed by atoms with Crippen LogP contribution >= 0.6 is 0 Å². The van der Waals surface area contributed by atoms with Gasteiger partial charge in [-0.05, 0) is 82.3 Å². The van der Waals surface area contributed by atoms with Crippen molar-refractivity contribution in [1.82, 2.24) is 28.8 Å². The summed E-state index contributed by atoms with van der Waals surface area (Å²) in [5.41, 5.74) is 6.36. The van der Waals surface area contributed by atoms with E-state index in [2.05, 4.69) is 15.1 Å². The van der Waals surface area contributed by atoms with Gasteiger partial charge < -0.3 is 4.90 Å². The van der Waals surface area contributed by atoms with Crippen LogP contribution in [0, 0.1) is 48.5 Å². The van der Waals surface area contributed by atoms with E-state index < -0.39 is 10.0 Å². The first kappa shape index (κ1) is 23.3. The van der Waals surface area contributed by atoms with Crippen LogP contribution in [0.2, 0.25) is 0 Å². The highest BCUT2D eigenvalue weighted by Gasteiger charge is 2.34. The van der Waals surface area contributed by atoms with Crippen molar-refractivity contribution in [3.8, 4) is 0 Å². The molecule has 10 heteroatoms. The molecule has 0 aliphatic carbocycles. The minimum atomic E-state index is -3.68. The molecule has 0 saturated carbocycles. The quantitative estimate of drug-likeness (QED) is 0.583. The van der Waals surface area contributed by atoms with Gasteiger partial charge in [-0.2, -0.15) is 9.29 Å². The molecular formula is C23H30N6O3S. The van der Waals surface area contributed by atoms with Gasteiger partial charge in [0.2, 0.25) is 15.8 Å². The number of aryl methyl sites for hydroxylation is 2. The molecule has 33 heavy (non-hydrogen) atoms. The Morgan fingerprint density at radius 2 is 1.36 bits per heavy atom. The molecule has 3 aromatic rings. The van der Waals surface area contributed by atoms with Crippen molar-refractivity contribution in [2.75, 3.05) is 26.2 Å². The topological polar surface area (TPSA) is 101 Å². The molecule has 0 unspecified atom stereocenters. The number of nitrogens with zero attached hydrogens (tertiary/aromatic N) is 6. The molecule has 1 aliphatic rings. The number of piperazine rings is 1. The first-order valence-electron chi connectivity index (χ1n) is 11.0. The van der Waals surface area contributed by atoms with Gasteiger partial charge in [0.05, 0.1) is 4.90 Å². The summed E-state index contributed by atoms with van der Waals surface area (Å²) >= 11 is 0. The molecule has 1 amide bonds. The zero-order valence-corrected chi connectivity index (χ0v) is 21.0. The molecule has 1 aliphatic heterocycles. The van der Waals surface area contributed by atoms with Crippen molar-refractivity contribution >= 4 is 21.7 Å². The van der Waals surface area contributed by atoms with Crippen LogP contribution in [0.15, 0.2) is 11.0 Å². The third-order valence-electron chi connectivity index (χ3n) is 6.86. The van der Waals surface area contributed by atoms with Crippen LogP contribution in [0.3, 0.4) is 0 Å². The Hall–Kier alpha value is -2.85. The Morgan fingerprint density at radius 1 is 0.818 bits per heavy atom. The first-order valence-corrected chi connectivity index (χ1v) is 12.4. The molecule has 0 bridgehead atoms. The van der Waals surface area contributed by atoms with E-state index in [1.807, 2.05) is 54.5 Å². The number of benzene rings is 1. The highest BCUT2D eigenvalue weighted by molar-refractivity contribution is 7.89. The van der Waals surface area contributed by atoms with Gasteiger partial charge in [-0.15, -0.1) is 5.10 Å². The minimum Gasteiger partial charge on any atom is -0.333 e. The van der Waals surface area contributed by atoms with Crippen LogP contribution in [0.25, 0.3) is 5.78 Å². The van der Waals surface area contributed by atoms with Gasteiger partial charge >= 0.3 is 0 Å². The summed E-state index contributed by atoms with van der Waals surface area (Å²) in [5, 5.41) is 4.31. The number of carbonyl (C=O) groups excluding carboxylic acids is 1. The average molecular weight is 471 g/mol. The number of amides is 1. The Labute approximate surface area is 194 Å². The molecule has 1 fully saturated rings. The van der Waals surface area contributed by atoms with Crippen LogP contribution in [0.4, 0.5) is 0 Å². The van der Waals surface area contributed by atoms with Gasteiger partial charge in [0.25, 0.3) is 11.7 Å². The molecular weight excluding hydrogens is 440 g/mol. The lowest BCUT2D eigenvalue weighted by Crippen LogP contribution is -2.51. The lowest BCUT2D eigenvalue weighted by Gasteiger charge is -2.34. The largest absolute Gasteiger partial charge is 0.333 e. The van der Waals surface area contributed by atoms with E-state index >= 15 is 0 Å². The molecule has 0 spiro atoms. The highest BCUT2D eigenvalue weighted by atomic mass is 32.2. The Bertz CT molecular complexity index is 1360. The Balaban J connectivity index is 1.56. The molecule has 1 saturated heterocycles. The second kappa shape index (κ2) is 8.18. The third-order valence-corrected chi connectivity index (χ3v) is 9.04. The van der Waals surface area contributed by atoms with Gasteiger partial charge in [-0.25, -0.2) is 17.9 Å². The number of rotatable bonds is 3. The maximum absolute atomic E-state index is 13.6. The maximum Gasteiger partial charge on any atom is 0.293 e. The third kappa shape index (κ3) is 3.80. The summed E-state index contributed by atoms with van der Waals surface area (Å²) in [6.45, 7) is 14.4. The predicted molar refractivity (Wildman–Crippen MR) is 125 cm³/mol. The van der Waals surface area contributed by atoms with Crippen molar-refractivity contribution in [2.24, 2.45) is 0 Å². The molecule has 2 aromatic heterocycles. The van der Waals surface area contributed by atoms with Gasteiger partial charge in [0.1, 0.15) is 0 Å². The van der Waals surface area contributed by atoms with Crippen LogP contribution in [-0.4, -0.2) is 69.3 Å². The number of aromatic nitrogens is 4. The maximum atomic E-state index is 13.6. The summed E-state index contributed by atoms with van der Waals surface area (Å²) in [6, 6.07) is 1.87. The van der Waals surface area contributed by atoms with Gasteiger partial charge in [0.15, 0.2) is 0 Å². The number of sulfonamides is 1. The predicted octanol–water partition coefficient (Wildman–Crippen LogP) is 2.43. The first-order chi connectivity index (χ1) is 15.4. The SMILES string of the molecule is Cc1cc(C)n2nc(C(=O)N3CCN(S(=O)(=O)c4c(C)c(C)c(C)c(C)c4C)CC3)nc2n1. The fourth-order valence-electron chi connectivity index (χ4n) is 4.51. The zero-order chi connectivity index (χ0) is 24.2. The van der Waals surface area contributed by atoms with Crippen LogP contribution in [-0.2, 0) is 10.0 Å². The molecule has 3 heterocycles. The van der Waals surface area contributed by atoms with Gasteiger partial charge in [0, 0.05) is 37.6 Å². The minimum absolute atomic E-state index is 0.0731. The van der Waals surface area contributed by atoms with Crippen molar-refractivity contribution in [3.05, 3.63) is 51.1 Å². The molecule has 1 aromatic carbocycles. The molecule has 0 N–H and O–H groups in total. The summed E-state index contributed by atoms with van der Waals surface area (Å²) in [4.78, 5) is 23.6. The van der Waals surface area contributed by atoms with E-state index in [1.165, 1.54) is 4.31 Å². The lowest BCUT2D eigenvalue weighted by atomic mass is 9.95. The number of hydrogen-bond acceptors (Lipinski definition) is 6. The zero-order valence-electron chi connectivity index (χ0n) is 20.2. The Morgan fingerprint density at radius 3 is 1.94 bits per heavy atom. The van der Waals surface area contributed by atoms with Crippen molar-refractivity contribution < 1.29 is 13.2 Å². The van der Waals surface area contributed by atoms with Crippen molar-refractivity contribution in [2.45, 2.75) is 53.4 Å². The standard InChI is InChI=1S/C23H30N6O3S/c1-13-12-14(2)29-23(24-13)25-21(26-29)22(30)27-8-10-28(11-9-27)33(31,32)20-18(6)16(4)15(3)17(5)19(20)7/h12H,8-11H2,1-7H3. The van der Waals surface area contributed by atoms with Gasteiger partial charge in [-0.1, -0.05) is 0 Å². The van der Waals surface area contributed by atoms with Crippen molar-refractivity contribution in [1.29, 1.82) is 0 Å². The second-order valence-electron chi connectivity index (χ2n) is 8.84. The molecule has 9 nitrogen and oxygen atoms in total. The van der Waals surface area contributed by atoms with E-state index in [-0.39, 0.29) is 37.9 Å². The summed E-state index contributed by atoms with van der Waals surface area (Å²) in [7, 11) is -3.68. The fourth-order valence-corrected chi connectivity index (χ4v) is 6.49. The number of hydrogen-bond donors (Lipinski definition) is 0. The molecule has 4 rings (SSSR count).